The molecule has 0 fully saturated rings. The summed E-state index contributed by atoms with van der Waals surface area (Å²) in [5.41, 5.74) is 0.150. The number of rotatable bonds is 5. The predicted molar refractivity (Wildman–Crippen MR) is 50.7 cm³/mol. The van der Waals surface area contributed by atoms with E-state index in [-0.39, 0.29) is 5.69 Å². The molecule has 82 valence electrons. The minimum Gasteiger partial charge on any atom is -0.474 e. The zero-order valence-corrected chi connectivity index (χ0v) is 8.60. The summed E-state index contributed by atoms with van der Waals surface area (Å²) >= 11 is 0. The smallest absolute Gasteiger partial charge is 0.358 e. The van der Waals surface area contributed by atoms with E-state index >= 15 is 0 Å². The molecule has 0 atom stereocenters. The van der Waals surface area contributed by atoms with Crippen molar-refractivity contribution < 1.29 is 19.0 Å². The molecule has 0 saturated carbocycles. The average molecular weight is 212 g/mol. The molecule has 6 heteroatoms. The molecular weight excluding hydrogens is 200 g/mol. The molecule has 0 saturated heterocycles. The SMILES string of the molecule is COCCOc1cnc(C(=O)OC)cn1. The molecule has 1 aromatic rings. The van der Waals surface area contributed by atoms with Crippen molar-refractivity contribution in [3.63, 3.8) is 0 Å². The number of nitrogens with zero attached hydrogens (tertiary/aromatic N) is 2. The third-order valence-electron chi connectivity index (χ3n) is 1.56. The Hall–Kier alpha value is -1.69. The lowest BCUT2D eigenvalue weighted by Gasteiger charge is -2.03. The van der Waals surface area contributed by atoms with Gasteiger partial charge in [-0.15, -0.1) is 0 Å². The Morgan fingerprint density at radius 3 is 2.60 bits per heavy atom. The van der Waals surface area contributed by atoms with Gasteiger partial charge >= 0.3 is 5.97 Å². The van der Waals surface area contributed by atoms with Gasteiger partial charge in [-0.1, -0.05) is 0 Å². The second-order valence-corrected chi connectivity index (χ2v) is 2.57. The second kappa shape index (κ2) is 5.92. The molecule has 0 amide bonds. The van der Waals surface area contributed by atoms with Gasteiger partial charge in [0.25, 0.3) is 0 Å². The van der Waals surface area contributed by atoms with Gasteiger partial charge in [0.05, 0.1) is 26.1 Å². The van der Waals surface area contributed by atoms with E-state index in [1.54, 1.807) is 7.11 Å². The molecule has 0 aromatic carbocycles. The maximum absolute atomic E-state index is 11.0. The van der Waals surface area contributed by atoms with Crippen LogP contribution in [0.25, 0.3) is 0 Å². The van der Waals surface area contributed by atoms with Crippen LogP contribution in [-0.4, -0.2) is 43.4 Å². The van der Waals surface area contributed by atoms with Crippen molar-refractivity contribution >= 4 is 5.97 Å². The van der Waals surface area contributed by atoms with Crippen molar-refractivity contribution in [2.24, 2.45) is 0 Å². The van der Waals surface area contributed by atoms with Crippen molar-refractivity contribution in [1.29, 1.82) is 0 Å². The Kier molecular flexibility index (Phi) is 4.49. The Morgan fingerprint density at radius 1 is 1.27 bits per heavy atom. The second-order valence-electron chi connectivity index (χ2n) is 2.57. The van der Waals surface area contributed by atoms with Gasteiger partial charge in [0.1, 0.15) is 6.61 Å². The first-order chi connectivity index (χ1) is 7.27. The lowest BCUT2D eigenvalue weighted by Crippen LogP contribution is -2.08. The Morgan fingerprint density at radius 2 is 2.07 bits per heavy atom. The van der Waals surface area contributed by atoms with Crippen molar-refractivity contribution in [2.45, 2.75) is 0 Å². The number of hydrogen-bond donors (Lipinski definition) is 0. The molecule has 15 heavy (non-hydrogen) atoms. The predicted octanol–water partition coefficient (Wildman–Crippen LogP) is 0.288. The van der Waals surface area contributed by atoms with Crippen LogP contribution in [0.3, 0.4) is 0 Å². The van der Waals surface area contributed by atoms with E-state index in [9.17, 15) is 4.79 Å². The first kappa shape index (κ1) is 11.4. The van der Waals surface area contributed by atoms with Gasteiger partial charge in [-0.25, -0.2) is 14.8 Å². The third-order valence-corrected chi connectivity index (χ3v) is 1.56. The molecule has 1 rings (SSSR count). The van der Waals surface area contributed by atoms with Crippen LogP contribution in [0.5, 0.6) is 5.88 Å². The minimum absolute atomic E-state index is 0.150. The van der Waals surface area contributed by atoms with Crippen LogP contribution < -0.4 is 4.74 Å². The van der Waals surface area contributed by atoms with Gasteiger partial charge in [0, 0.05) is 7.11 Å². The van der Waals surface area contributed by atoms with Gasteiger partial charge in [0.2, 0.25) is 5.88 Å². The maximum Gasteiger partial charge on any atom is 0.358 e. The summed E-state index contributed by atoms with van der Waals surface area (Å²) in [5.74, 6) is -0.175. The Labute approximate surface area is 87.2 Å². The summed E-state index contributed by atoms with van der Waals surface area (Å²) in [6, 6.07) is 0. The number of hydrogen-bond acceptors (Lipinski definition) is 6. The van der Waals surface area contributed by atoms with Gasteiger partial charge in [0.15, 0.2) is 5.69 Å². The van der Waals surface area contributed by atoms with E-state index in [1.807, 2.05) is 0 Å². The molecule has 0 N–H and O–H groups in total. The highest BCUT2D eigenvalue weighted by atomic mass is 16.5. The van der Waals surface area contributed by atoms with Crippen molar-refractivity contribution in [1.82, 2.24) is 9.97 Å². The van der Waals surface area contributed by atoms with Crippen LogP contribution in [-0.2, 0) is 9.47 Å². The summed E-state index contributed by atoms with van der Waals surface area (Å²) in [7, 11) is 2.86. The molecule has 0 unspecified atom stereocenters. The molecule has 1 heterocycles. The van der Waals surface area contributed by atoms with Gasteiger partial charge in [-0.3, -0.25) is 0 Å². The molecule has 0 spiro atoms. The highest BCUT2D eigenvalue weighted by Gasteiger charge is 2.07. The largest absolute Gasteiger partial charge is 0.474 e. The number of carbonyl (C=O) groups excluding carboxylic acids is 1. The van der Waals surface area contributed by atoms with Crippen molar-refractivity contribution in [3.8, 4) is 5.88 Å². The Balaban J connectivity index is 2.52. The third kappa shape index (κ3) is 3.51. The number of methoxy groups -OCH3 is 2. The first-order valence-corrected chi connectivity index (χ1v) is 4.30. The van der Waals surface area contributed by atoms with Crippen LogP contribution in [0.1, 0.15) is 10.5 Å². The molecule has 1 aromatic heterocycles. The van der Waals surface area contributed by atoms with Crippen LogP contribution in [0.15, 0.2) is 12.4 Å². The number of esters is 1. The summed E-state index contributed by atoms with van der Waals surface area (Å²) in [4.78, 5) is 18.7. The van der Waals surface area contributed by atoms with E-state index in [0.717, 1.165) is 0 Å². The fourth-order valence-electron chi connectivity index (χ4n) is 0.830. The van der Waals surface area contributed by atoms with Gasteiger partial charge in [-0.2, -0.15) is 0 Å². The van der Waals surface area contributed by atoms with Crippen LogP contribution in [0, 0.1) is 0 Å². The van der Waals surface area contributed by atoms with Crippen LogP contribution in [0.4, 0.5) is 0 Å². The van der Waals surface area contributed by atoms with Crippen molar-refractivity contribution in [2.75, 3.05) is 27.4 Å². The topological polar surface area (TPSA) is 70.5 Å². The highest BCUT2D eigenvalue weighted by Crippen LogP contribution is 2.04. The fourth-order valence-corrected chi connectivity index (χ4v) is 0.830. The number of carbonyl (C=O) groups is 1. The van der Waals surface area contributed by atoms with Gasteiger partial charge < -0.3 is 14.2 Å². The van der Waals surface area contributed by atoms with E-state index in [4.69, 9.17) is 9.47 Å². The normalized spacial score (nSPS) is 9.73. The maximum atomic E-state index is 11.0. The lowest BCUT2D eigenvalue weighted by atomic mass is 10.4. The summed E-state index contributed by atoms with van der Waals surface area (Å²) in [6.07, 6.45) is 2.66. The monoisotopic (exact) mass is 212 g/mol. The standard InChI is InChI=1S/C9H12N2O4/c1-13-3-4-15-8-6-10-7(5-11-8)9(12)14-2/h5-6H,3-4H2,1-2H3. The zero-order valence-electron chi connectivity index (χ0n) is 8.60. The van der Waals surface area contributed by atoms with Gasteiger partial charge in [-0.05, 0) is 0 Å². The summed E-state index contributed by atoms with van der Waals surface area (Å²) in [6.45, 7) is 0.864. The highest BCUT2D eigenvalue weighted by molar-refractivity contribution is 5.86. The number of ether oxygens (including phenoxy) is 3. The van der Waals surface area contributed by atoms with Crippen LogP contribution in [0.2, 0.25) is 0 Å². The quantitative estimate of drug-likeness (QED) is 0.516. The summed E-state index contributed by atoms with van der Waals surface area (Å²) < 4.78 is 14.4. The van der Waals surface area contributed by atoms with E-state index in [2.05, 4.69) is 14.7 Å². The zero-order chi connectivity index (χ0) is 11.1. The van der Waals surface area contributed by atoms with E-state index in [1.165, 1.54) is 19.5 Å². The molecule has 0 bridgehead atoms. The molecule has 0 aliphatic rings. The van der Waals surface area contributed by atoms with E-state index < -0.39 is 5.97 Å². The summed E-state index contributed by atoms with van der Waals surface area (Å²) in [5, 5.41) is 0. The molecule has 0 radical (unpaired) electrons. The fraction of sp³-hybridized carbons (Fsp3) is 0.444. The minimum atomic E-state index is -0.522. The van der Waals surface area contributed by atoms with Crippen LogP contribution >= 0.6 is 0 Å². The molecule has 0 aliphatic heterocycles. The van der Waals surface area contributed by atoms with Crippen molar-refractivity contribution in [3.05, 3.63) is 18.1 Å². The number of aromatic nitrogens is 2. The average Bonchev–Trinajstić information content (AvgIpc) is 2.29. The lowest BCUT2D eigenvalue weighted by molar-refractivity contribution is 0.0593. The first-order valence-electron chi connectivity index (χ1n) is 4.30. The Bertz CT molecular complexity index is 312. The molecular formula is C9H12N2O4. The molecule has 6 nitrogen and oxygen atoms in total. The molecule has 0 aliphatic carbocycles. The van der Waals surface area contributed by atoms with E-state index in [0.29, 0.717) is 19.1 Å².